The van der Waals surface area contributed by atoms with E-state index in [-0.39, 0.29) is 11.4 Å². The third-order valence-electron chi connectivity index (χ3n) is 2.97. The lowest BCUT2D eigenvalue weighted by atomic mass is 10.1. The Labute approximate surface area is 132 Å². The van der Waals surface area contributed by atoms with Gasteiger partial charge in [-0.2, -0.15) is 0 Å². The van der Waals surface area contributed by atoms with Crippen molar-refractivity contribution in [2.24, 2.45) is 10.1 Å². The molecular formula is C16H15N3O4. The smallest absolute Gasteiger partial charge is 0.269 e. The summed E-state index contributed by atoms with van der Waals surface area (Å²) in [7, 11) is 0. The average Bonchev–Trinajstić information content (AvgIpc) is 2.57. The molecule has 0 heterocycles. The summed E-state index contributed by atoms with van der Waals surface area (Å²) >= 11 is 0. The Balaban J connectivity index is 2.13. The molecule has 23 heavy (non-hydrogen) atoms. The number of aliphatic imine (C=N–C) groups is 1. The zero-order valence-electron chi connectivity index (χ0n) is 12.4. The van der Waals surface area contributed by atoms with Crippen molar-refractivity contribution in [3.8, 4) is 5.75 Å². The maximum Gasteiger partial charge on any atom is 0.269 e. The fourth-order valence-electron chi connectivity index (χ4n) is 1.84. The maximum absolute atomic E-state index is 10.6. The highest BCUT2D eigenvalue weighted by Crippen LogP contribution is 2.18. The van der Waals surface area contributed by atoms with Crippen LogP contribution in [0.4, 0.5) is 11.4 Å². The Hall–Kier alpha value is -3.22. The lowest BCUT2D eigenvalue weighted by Gasteiger charge is -2.04. The molecule has 7 nitrogen and oxygen atoms in total. The van der Waals surface area contributed by atoms with Gasteiger partial charge in [0.1, 0.15) is 11.5 Å². The second-order valence-corrected chi connectivity index (χ2v) is 4.47. The summed E-state index contributed by atoms with van der Waals surface area (Å²) in [5.74, 6) is 0.723. The zero-order valence-corrected chi connectivity index (χ0v) is 12.4. The fraction of sp³-hybridized carbons (Fsp3) is 0.125. The van der Waals surface area contributed by atoms with E-state index in [9.17, 15) is 10.1 Å². The van der Waals surface area contributed by atoms with Crippen molar-refractivity contribution in [3.63, 3.8) is 0 Å². The summed E-state index contributed by atoms with van der Waals surface area (Å²) in [5.41, 5.74) is 1.45. The van der Waals surface area contributed by atoms with Crippen molar-refractivity contribution in [1.29, 1.82) is 0 Å². The predicted molar refractivity (Wildman–Crippen MR) is 87.2 cm³/mol. The summed E-state index contributed by atoms with van der Waals surface area (Å²) in [4.78, 5) is 14.3. The van der Waals surface area contributed by atoms with Crippen LogP contribution in [0.3, 0.4) is 0 Å². The lowest BCUT2D eigenvalue weighted by molar-refractivity contribution is -0.384. The molecule has 0 aromatic heterocycles. The summed E-state index contributed by atoms with van der Waals surface area (Å²) in [5, 5.41) is 22.9. The minimum absolute atomic E-state index is 0.00786. The highest BCUT2D eigenvalue weighted by atomic mass is 16.6. The molecule has 0 spiro atoms. The number of benzene rings is 2. The first-order valence-electron chi connectivity index (χ1n) is 6.88. The zero-order chi connectivity index (χ0) is 16.7. The van der Waals surface area contributed by atoms with Gasteiger partial charge in [-0.25, -0.2) is 0 Å². The molecule has 118 valence electrons. The van der Waals surface area contributed by atoms with Gasteiger partial charge in [0.05, 0.1) is 23.4 Å². The van der Waals surface area contributed by atoms with Gasteiger partial charge >= 0.3 is 0 Å². The molecule has 0 saturated carbocycles. The molecule has 0 saturated heterocycles. The number of hydrogen-bond donors (Lipinski definition) is 1. The van der Waals surface area contributed by atoms with Gasteiger partial charge in [-0.1, -0.05) is 5.16 Å². The van der Waals surface area contributed by atoms with Gasteiger partial charge < -0.3 is 9.94 Å². The van der Waals surface area contributed by atoms with Gasteiger partial charge in [0.25, 0.3) is 5.69 Å². The van der Waals surface area contributed by atoms with Crippen LogP contribution in [0.15, 0.2) is 58.7 Å². The van der Waals surface area contributed by atoms with E-state index in [0.29, 0.717) is 17.9 Å². The number of nitrogens with zero attached hydrogens (tertiary/aromatic N) is 3. The SMILES string of the molecule is CCOc1ccc(C(C=Nc2ccc([N+](=O)[O-])cc2)=NO)cc1. The van der Waals surface area contributed by atoms with Gasteiger partial charge in [0.15, 0.2) is 0 Å². The van der Waals surface area contributed by atoms with Crippen LogP contribution in [0.2, 0.25) is 0 Å². The molecule has 0 bridgehead atoms. The van der Waals surface area contributed by atoms with Crippen LogP contribution in [0.5, 0.6) is 5.75 Å². The highest BCUT2D eigenvalue weighted by molar-refractivity contribution is 6.38. The van der Waals surface area contributed by atoms with Crippen molar-refractivity contribution in [1.82, 2.24) is 0 Å². The number of nitro benzene ring substituents is 1. The van der Waals surface area contributed by atoms with Crippen LogP contribution in [0.1, 0.15) is 12.5 Å². The number of rotatable bonds is 6. The number of oxime groups is 1. The third kappa shape index (κ3) is 4.37. The molecule has 0 aliphatic rings. The molecule has 0 atom stereocenters. The van der Waals surface area contributed by atoms with Gasteiger partial charge in [0.2, 0.25) is 0 Å². The van der Waals surface area contributed by atoms with E-state index >= 15 is 0 Å². The Morgan fingerprint density at radius 2 is 1.87 bits per heavy atom. The first-order valence-corrected chi connectivity index (χ1v) is 6.88. The van der Waals surface area contributed by atoms with Gasteiger partial charge in [-0.15, -0.1) is 0 Å². The Kier molecular flexibility index (Phi) is 5.40. The molecule has 0 aliphatic carbocycles. The van der Waals surface area contributed by atoms with Crippen molar-refractivity contribution in [3.05, 3.63) is 64.2 Å². The molecule has 7 heteroatoms. The number of non-ortho nitro benzene ring substituents is 1. The van der Waals surface area contributed by atoms with Crippen molar-refractivity contribution in [2.45, 2.75) is 6.92 Å². The second kappa shape index (κ2) is 7.69. The van der Waals surface area contributed by atoms with Crippen LogP contribution in [-0.2, 0) is 0 Å². The van der Waals surface area contributed by atoms with E-state index in [0.717, 1.165) is 5.75 Å². The summed E-state index contributed by atoms with van der Waals surface area (Å²) in [6.07, 6.45) is 1.39. The molecule has 1 N–H and O–H groups in total. The average molecular weight is 313 g/mol. The third-order valence-corrected chi connectivity index (χ3v) is 2.97. The van der Waals surface area contributed by atoms with Crippen LogP contribution in [0.25, 0.3) is 0 Å². The van der Waals surface area contributed by atoms with E-state index in [4.69, 9.17) is 9.94 Å². The fourth-order valence-corrected chi connectivity index (χ4v) is 1.84. The monoisotopic (exact) mass is 313 g/mol. The Morgan fingerprint density at radius 1 is 1.22 bits per heavy atom. The van der Waals surface area contributed by atoms with Crippen molar-refractivity contribution in [2.75, 3.05) is 6.61 Å². The lowest BCUT2D eigenvalue weighted by Crippen LogP contribution is -2.02. The minimum atomic E-state index is -0.478. The normalized spacial score (nSPS) is 11.6. The highest BCUT2D eigenvalue weighted by Gasteiger charge is 2.04. The molecule has 0 amide bonds. The van der Waals surface area contributed by atoms with E-state index in [1.807, 2.05) is 6.92 Å². The molecule has 0 aliphatic heterocycles. The first kappa shape index (κ1) is 16.2. The minimum Gasteiger partial charge on any atom is -0.494 e. The number of nitro groups is 1. The van der Waals surface area contributed by atoms with Gasteiger partial charge in [0, 0.05) is 17.7 Å². The van der Waals surface area contributed by atoms with Crippen LogP contribution in [-0.4, -0.2) is 28.7 Å². The summed E-state index contributed by atoms with van der Waals surface area (Å²) in [6, 6.07) is 12.8. The summed E-state index contributed by atoms with van der Waals surface area (Å²) < 4.78 is 5.34. The summed E-state index contributed by atoms with van der Waals surface area (Å²) in [6.45, 7) is 2.47. The standard InChI is InChI=1S/C16H15N3O4/c1-2-23-15-9-3-12(4-10-15)16(18-20)11-17-13-5-7-14(8-6-13)19(21)22/h3-11,20H,2H2,1H3. The molecular weight excluding hydrogens is 298 g/mol. The molecule has 2 rings (SSSR count). The quantitative estimate of drug-likeness (QED) is 0.381. The largest absolute Gasteiger partial charge is 0.494 e. The molecule has 0 unspecified atom stereocenters. The second-order valence-electron chi connectivity index (χ2n) is 4.47. The molecule has 2 aromatic carbocycles. The predicted octanol–water partition coefficient (Wildman–Crippen LogP) is 3.57. The first-order chi connectivity index (χ1) is 11.1. The molecule has 2 aromatic rings. The number of hydrogen-bond acceptors (Lipinski definition) is 6. The van der Waals surface area contributed by atoms with Crippen LogP contribution < -0.4 is 4.74 Å². The van der Waals surface area contributed by atoms with Gasteiger partial charge in [-0.05, 0) is 43.3 Å². The maximum atomic E-state index is 10.6. The molecule has 0 radical (unpaired) electrons. The van der Waals surface area contributed by atoms with E-state index in [2.05, 4.69) is 10.1 Å². The van der Waals surface area contributed by atoms with Crippen LogP contribution >= 0.6 is 0 Å². The van der Waals surface area contributed by atoms with Crippen LogP contribution in [0, 0.1) is 10.1 Å². The van der Waals surface area contributed by atoms with Crippen molar-refractivity contribution >= 4 is 23.3 Å². The topological polar surface area (TPSA) is 97.3 Å². The van der Waals surface area contributed by atoms with E-state index < -0.39 is 4.92 Å². The van der Waals surface area contributed by atoms with E-state index in [1.165, 1.54) is 30.5 Å². The Bertz CT molecular complexity index is 722. The van der Waals surface area contributed by atoms with E-state index in [1.54, 1.807) is 24.3 Å². The van der Waals surface area contributed by atoms with Gasteiger partial charge in [-0.3, -0.25) is 15.1 Å². The van der Waals surface area contributed by atoms with Crippen molar-refractivity contribution < 1.29 is 14.9 Å². The Morgan fingerprint density at radius 3 is 2.39 bits per heavy atom. The molecule has 0 fully saturated rings. The number of ether oxygens (including phenoxy) is 1.